The first kappa shape index (κ1) is 23.1. The maximum Gasteiger partial charge on any atom is 0.344 e. The van der Waals surface area contributed by atoms with E-state index in [4.69, 9.17) is 14.2 Å². The van der Waals surface area contributed by atoms with E-state index in [1.54, 1.807) is 34.1 Å². The Labute approximate surface area is 187 Å². The third-order valence-corrected chi connectivity index (χ3v) is 5.12. The zero-order valence-electron chi connectivity index (χ0n) is 18.4. The van der Waals surface area contributed by atoms with Gasteiger partial charge in [0.25, 0.3) is 5.91 Å². The Morgan fingerprint density at radius 3 is 2.00 bits per heavy atom. The lowest BCUT2D eigenvalue weighted by molar-refractivity contribution is -0.161. The van der Waals surface area contributed by atoms with Crippen molar-refractivity contribution in [3.8, 4) is 11.5 Å². The summed E-state index contributed by atoms with van der Waals surface area (Å²) in [6.45, 7) is 5.02. The van der Waals surface area contributed by atoms with Crippen LogP contribution < -0.4 is 9.47 Å². The van der Waals surface area contributed by atoms with Gasteiger partial charge in [-0.2, -0.15) is 0 Å². The van der Waals surface area contributed by atoms with E-state index in [0.29, 0.717) is 44.3 Å². The Bertz CT molecular complexity index is 908. The van der Waals surface area contributed by atoms with Gasteiger partial charge < -0.3 is 24.0 Å². The van der Waals surface area contributed by atoms with E-state index in [9.17, 15) is 14.4 Å². The molecule has 3 rings (SSSR count). The fraction of sp³-hybridized carbons (Fsp3) is 0.375. The molecule has 0 spiro atoms. The molecule has 2 aromatic carbocycles. The van der Waals surface area contributed by atoms with Gasteiger partial charge in [-0.15, -0.1) is 0 Å². The van der Waals surface area contributed by atoms with Crippen LogP contribution >= 0.6 is 0 Å². The van der Waals surface area contributed by atoms with E-state index < -0.39 is 12.1 Å². The van der Waals surface area contributed by atoms with E-state index in [-0.39, 0.29) is 18.4 Å². The number of hydrogen-bond acceptors (Lipinski definition) is 6. The molecule has 1 aliphatic rings. The SMILES string of the molecule is CC(=O)N1CCN(C(=O)C(C)OC(=O)COc2ccc(OCc3ccccc3)cc2)CC1. The number of esters is 1. The predicted octanol–water partition coefficient (Wildman–Crippen LogP) is 2.27. The molecule has 1 fully saturated rings. The second-order valence-electron chi connectivity index (χ2n) is 7.50. The first-order chi connectivity index (χ1) is 15.4. The number of hydrogen-bond donors (Lipinski definition) is 0. The third kappa shape index (κ3) is 6.73. The monoisotopic (exact) mass is 440 g/mol. The van der Waals surface area contributed by atoms with Gasteiger partial charge in [-0.05, 0) is 36.8 Å². The highest BCUT2D eigenvalue weighted by Crippen LogP contribution is 2.19. The van der Waals surface area contributed by atoms with Crippen molar-refractivity contribution < 1.29 is 28.6 Å². The lowest BCUT2D eigenvalue weighted by atomic mass is 10.2. The van der Waals surface area contributed by atoms with Crippen LogP contribution in [-0.4, -0.2) is 66.5 Å². The molecule has 0 radical (unpaired) electrons. The molecule has 1 unspecified atom stereocenters. The van der Waals surface area contributed by atoms with Gasteiger partial charge in [-0.1, -0.05) is 30.3 Å². The lowest BCUT2D eigenvalue weighted by Gasteiger charge is -2.35. The molecule has 1 saturated heterocycles. The molecular formula is C24H28N2O6. The van der Waals surface area contributed by atoms with Crippen LogP contribution in [0.4, 0.5) is 0 Å². The van der Waals surface area contributed by atoms with Crippen LogP contribution in [0.2, 0.25) is 0 Å². The summed E-state index contributed by atoms with van der Waals surface area (Å²) in [5.74, 6) is 0.268. The fourth-order valence-electron chi connectivity index (χ4n) is 3.30. The van der Waals surface area contributed by atoms with Gasteiger partial charge in [-0.25, -0.2) is 4.79 Å². The van der Waals surface area contributed by atoms with Crippen LogP contribution in [0.3, 0.4) is 0 Å². The van der Waals surface area contributed by atoms with Crippen LogP contribution in [0.1, 0.15) is 19.4 Å². The number of amides is 2. The van der Waals surface area contributed by atoms with E-state index in [1.165, 1.54) is 13.8 Å². The highest BCUT2D eigenvalue weighted by Gasteiger charge is 2.27. The average molecular weight is 440 g/mol. The minimum absolute atomic E-state index is 0.00971. The standard InChI is InChI=1S/C24H28N2O6/c1-18(24(29)26-14-12-25(13-15-26)19(2)27)32-23(28)17-31-22-10-8-21(9-11-22)30-16-20-6-4-3-5-7-20/h3-11,18H,12-17H2,1-2H3. The van der Waals surface area contributed by atoms with Gasteiger partial charge >= 0.3 is 5.97 Å². The molecule has 2 aromatic rings. The van der Waals surface area contributed by atoms with Crippen molar-refractivity contribution in [3.05, 3.63) is 60.2 Å². The van der Waals surface area contributed by atoms with Crippen molar-refractivity contribution in [1.29, 1.82) is 0 Å². The second kappa shape index (κ2) is 11.2. The molecule has 1 atom stereocenters. The highest BCUT2D eigenvalue weighted by atomic mass is 16.6. The van der Waals surface area contributed by atoms with Crippen LogP contribution in [0.25, 0.3) is 0 Å². The summed E-state index contributed by atoms with van der Waals surface area (Å²) in [5.41, 5.74) is 1.07. The van der Waals surface area contributed by atoms with Gasteiger partial charge in [0, 0.05) is 33.1 Å². The van der Waals surface area contributed by atoms with Gasteiger partial charge in [0.05, 0.1) is 0 Å². The smallest absolute Gasteiger partial charge is 0.344 e. The number of carbonyl (C=O) groups excluding carboxylic acids is 3. The van der Waals surface area contributed by atoms with Gasteiger partial charge in [0.1, 0.15) is 18.1 Å². The molecule has 2 amide bonds. The maximum atomic E-state index is 12.5. The summed E-state index contributed by atoms with van der Waals surface area (Å²) in [4.78, 5) is 39.2. The fourth-order valence-corrected chi connectivity index (χ4v) is 3.30. The number of rotatable bonds is 8. The summed E-state index contributed by atoms with van der Waals surface area (Å²) in [6.07, 6.45) is -0.913. The highest BCUT2D eigenvalue weighted by molar-refractivity contribution is 5.84. The third-order valence-electron chi connectivity index (χ3n) is 5.12. The molecule has 0 N–H and O–H groups in total. The largest absolute Gasteiger partial charge is 0.489 e. The number of piperazine rings is 1. The molecule has 1 heterocycles. The molecular weight excluding hydrogens is 412 g/mol. The van der Waals surface area contributed by atoms with Crippen molar-refractivity contribution in [1.82, 2.24) is 9.80 Å². The summed E-state index contributed by atoms with van der Waals surface area (Å²) >= 11 is 0. The number of nitrogens with zero attached hydrogens (tertiary/aromatic N) is 2. The Morgan fingerprint density at radius 1 is 0.844 bits per heavy atom. The molecule has 170 valence electrons. The van der Waals surface area contributed by atoms with Gasteiger partial charge in [-0.3, -0.25) is 9.59 Å². The number of benzene rings is 2. The second-order valence-corrected chi connectivity index (χ2v) is 7.50. The molecule has 8 nitrogen and oxygen atoms in total. The Hall–Kier alpha value is -3.55. The Balaban J connectivity index is 1.38. The van der Waals surface area contributed by atoms with Crippen molar-refractivity contribution >= 4 is 17.8 Å². The van der Waals surface area contributed by atoms with E-state index in [0.717, 1.165) is 5.56 Å². The maximum absolute atomic E-state index is 12.5. The molecule has 0 bridgehead atoms. The van der Waals surface area contributed by atoms with Crippen LogP contribution in [0.5, 0.6) is 11.5 Å². The zero-order valence-corrected chi connectivity index (χ0v) is 18.4. The summed E-state index contributed by atoms with van der Waals surface area (Å²) in [6, 6.07) is 16.8. The number of carbonyl (C=O) groups is 3. The minimum atomic E-state index is -0.913. The molecule has 8 heteroatoms. The summed E-state index contributed by atoms with van der Waals surface area (Å²) < 4.78 is 16.4. The van der Waals surface area contributed by atoms with E-state index in [1.807, 2.05) is 30.3 Å². The van der Waals surface area contributed by atoms with Crippen LogP contribution in [0.15, 0.2) is 54.6 Å². The van der Waals surface area contributed by atoms with Crippen molar-refractivity contribution in [3.63, 3.8) is 0 Å². The van der Waals surface area contributed by atoms with Crippen LogP contribution in [0, 0.1) is 0 Å². The van der Waals surface area contributed by atoms with E-state index in [2.05, 4.69) is 0 Å². The van der Waals surface area contributed by atoms with Gasteiger partial charge in [0.2, 0.25) is 5.91 Å². The van der Waals surface area contributed by atoms with Crippen molar-refractivity contribution in [2.75, 3.05) is 32.8 Å². The topological polar surface area (TPSA) is 85.4 Å². The number of ether oxygens (including phenoxy) is 3. The lowest BCUT2D eigenvalue weighted by Crippen LogP contribution is -2.52. The normalized spacial score (nSPS) is 14.4. The van der Waals surface area contributed by atoms with E-state index >= 15 is 0 Å². The Morgan fingerprint density at radius 2 is 1.41 bits per heavy atom. The first-order valence-electron chi connectivity index (χ1n) is 10.6. The quantitative estimate of drug-likeness (QED) is 0.586. The zero-order chi connectivity index (χ0) is 22.9. The summed E-state index contributed by atoms with van der Waals surface area (Å²) in [5, 5.41) is 0. The average Bonchev–Trinajstić information content (AvgIpc) is 2.82. The molecule has 0 aromatic heterocycles. The summed E-state index contributed by atoms with van der Waals surface area (Å²) in [7, 11) is 0. The van der Waals surface area contributed by atoms with Crippen molar-refractivity contribution in [2.45, 2.75) is 26.6 Å². The van der Waals surface area contributed by atoms with Gasteiger partial charge in [0.15, 0.2) is 12.7 Å². The Kier molecular flexibility index (Phi) is 8.08. The first-order valence-corrected chi connectivity index (χ1v) is 10.6. The predicted molar refractivity (Wildman–Crippen MR) is 117 cm³/mol. The molecule has 32 heavy (non-hydrogen) atoms. The van der Waals surface area contributed by atoms with Crippen LogP contribution in [-0.2, 0) is 25.7 Å². The molecule has 0 saturated carbocycles. The molecule has 0 aliphatic carbocycles. The van der Waals surface area contributed by atoms with Crippen molar-refractivity contribution in [2.24, 2.45) is 0 Å². The molecule has 1 aliphatic heterocycles. The minimum Gasteiger partial charge on any atom is -0.489 e.